The van der Waals surface area contributed by atoms with Crippen LogP contribution in [0.4, 0.5) is 10.1 Å². The number of nitrogens with zero attached hydrogens (tertiary/aromatic N) is 2. The van der Waals surface area contributed by atoms with Gasteiger partial charge >= 0.3 is 0 Å². The fraction of sp³-hybridized carbons (Fsp3) is 0.0909. The van der Waals surface area contributed by atoms with Crippen LogP contribution in [-0.2, 0) is 11.3 Å². The Morgan fingerprint density at radius 2 is 2.35 bits per heavy atom. The average Bonchev–Trinajstić information content (AvgIpc) is 2.75. The van der Waals surface area contributed by atoms with E-state index in [0.717, 1.165) is 0 Å². The van der Waals surface area contributed by atoms with Gasteiger partial charge in [-0.05, 0) is 18.2 Å². The van der Waals surface area contributed by atoms with Gasteiger partial charge in [0, 0.05) is 16.9 Å². The van der Waals surface area contributed by atoms with Crippen LogP contribution in [0.15, 0.2) is 41.4 Å². The third-order valence-electron chi connectivity index (χ3n) is 2.09. The zero-order valence-electron chi connectivity index (χ0n) is 8.73. The summed E-state index contributed by atoms with van der Waals surface area (Å²) in [5.74, 6) is -0.775. The number of rotatable bonds is 3. The van der Waals surface area contributed by atoms with E-state index in [1.807, 2.05) is 0 Å². The number of aromatic nitrogens is 2. The number of amides is 1. The minimum atomic E-state index is -0.474. The van der Waals surface area contributed by atoms with Crippen molar-refractivity contribution in [2.24, 2.45) is 0 Å². The summed E-state index contributed by atoms with van der Waals surface area (Å²) < 4.78 is 15.7. The maximum absolute atomic E-state index is 13.4. The minimum absolute atomic E-state index is 0.107. The Balaban J connectivity index is 2.03. The number of hydrogen-bond donors (Lipinski definition) is 1. The van der Waals surface area contributed by atoms with Crippen LogP contribution in [0.3, 0.4) is 0 Å². The number of carbonyl (C=O) groups is 1. The van der Waals surface area contributed by atoms with Crippen molar-refractivity contribution in [2.45, 2.75) is 6.54 Å². The summed E-state index contributed by atoms with van der Waals surface area (Å²) in [6.45, 7) is 0.107. The zero-order valence-corrected chi connectivity index (χ0v) is 10.3. The van der Waals surface area contributed by atoms with E-state index in [0.29, 0.717) is 4.47 Å². The van der Waals surface area contributed by atoms with Gasteiger partial charge in [0.2, 0.25) is 5.91 Å². The number of imidazole rings is 1. The molecule has 0 radical (unpaired) electrons. The van der Waals surface area contributed by atoms with E-state index in [9.17, 15) is 9.18 Å². The molecule has 0 fully saturated rings. The Morgan fingerprint density at radius 3 is 3.00 bits per heavy atom. The molecule has 1 amide bonds. The molecule has 0 saturated heterocycles. The third-order valence-corrected chi connectivity index (χ3v) is 2.58. The number of carbonyl (C=O) groups excluding carboxylic acids is 1. The molecular weight excluding hydrogens is 289 g/mol. The van der Waals surface area contributed by atoms with Gasteiger partial charge in [0.25, 0.3) is 0 Å². The molecule has 1 aromatic carbocycles. The van der Waals surface area contributed by atoms with Gasteiger partial charge < -0.3 is 9.88 Å². The van der Waals surface area contributed by atoms with E-state index < -0.39 is 5.82 Å². The van der Waals surface area contributed by atoms with E-state index in [1.165, 1.54) is 18.5 Å². The Morgan fingerprint density at radius 1 is 1.53 bits per heavy atom. The van der Waals surface area contributed by atoms with E-state index in [4.69, 9.17) is 0 Å². The molecule has 0 saturated carbocycles. The van der Waals surface area contributed by atoms with Gasteiger partial charge in [-0.2, -0.15) is 0 Å². The third kappa shape index (κ3) is 3.13. The minimum Gasteiger partial charge on any atom is -0.328 e. The summed E-state index contributed by atoms with van der Waals surface area (Å²) in [6.07, 6.45) is 4.77. The van der Waals surface area contributed by atoms with Gasteiger partial charge in [-0.1, -0.05) is 15.9 Å². The summed E-state index contributed by atoms with van der Waals surface area (Å²) in [7, 11) is 0. The molecule has 88 valence electrons. The molecule has 0 unspecified atom stereocenters. The summed E-state index contributed by atoms with van der Waals surface area (Å²) in [4.78, 5) is 15.4. The molecule has 0 atom stereocenters. The first-order chi connectivity index (χ1) is 8.15. The second-order valence-electron chi connectivity index (χ2n) is 3.41. The van der Waals surface area contributed by atoms with Gasteiger partial charge in [-0.15, -0.1) is 0 Å². The molecule has 0 aliphatic rings. The van der Waals surface area contributed by atoms with E-state index in [2.05, 4.69) is 26.2 Å². The van der Waals surface area contributed by atoms with Crippen molar-refractivity contribution in [1.29, 1.82) is 0 Å². The number of benzene rings is 1. The van der Waals surface area contributed by atoms with Gasteiger partial charge in [0.15, 0.2) is 0 Å². The number of anilines is 1. The molecule has 1 N–H and O–H groups in total. The molecule has 0 aliphatic heterocycles. The fourth-order valence-electron chi connectivity index (χ4n) is 1.33. The van der Waals surface area contributed by atoms with Gasteiger partial charge in [0.05, 0.1) is 12.0 Å². The van der Waals surface area contributed by atoms with Crippen LogP contribution in [-0.4, -0.2) is 15.5 Å². The highest BCUT2D eigenvalue weighted by Gasteiger charge is 2.07. The molecule has 1 aromatic heterocycles. The lowest BCUT2D eigenvalue weighted by atomic mass is 10.3. The molecule has 0 bridgehead atoms. The zero-order chi connectivity index (χ0) is 12.3. The molecule has 2 rings (SSSR count). The maximum atomic E-state index is 13.4. The Kier molecular flexibility index (Phi) is 3.53. The van der Waals surface area contributed by atoms with Crippen LogP contribution >= 0.6 is 15.9 Å². The number of nitrogens with one attached hydrogen (secondary N) is 1. The van der Waals surface area contributed by atoms with Crippen LogP contribution in [0.25, 0.3) is 0 Å². The second kappa shape index (κ2) is 5.09. The molecule has 4 nitrogen and oxygen atoms in total. The van der Waals surface area contributed by atoms with Crippen LogP contribution in [0.2, 0.25) is 0 Å². The van der Waals surface area contributed by atoms with Crippen molar-refractivity contribution >= 4 is 27.5 Å². The van der Waals surface area contributed by atoms with Crippen molar-refractivity contribution in [3.05, 3.63) is 47.2 Å². The quantitative estimate of drug-likeness (QED) is 0.946. The van der Waals surface area contributed by atoms with E-state index in [1.54, 1.807) is 23.0 Å². The predicted octanol–water partition coefficient (Wildman–Crippen LogP) is 2.42. The largest absolute Gasteiger partial charge is 0.328 e. The van der Waals surface area contributed by atoms with Gasteiger partial charge in [-0.25, -0.2) is 9.37 Å². The second-order valence-corrected chi connectivity index (χ2v) is 4.32. The van der Waals surface area contributed by atoms with Crippen molar-refractivity contribution in [3.63, 3.8) is 0 Å². The van der Waals surface area contributed by atoms with Crippen molar-refractivity contribution in [3.8, 4) is 0 Å². The summed E-state index contributed by atoms with van der Waals surface area (Å²) in [5, 5.41) is 2.49. The molecule has 17 heavy (non-hydrogen) atoms. The molecule has 2 aromatic rings. The molecule has 0 aliphatic carbocycles. The maximum Gasteiger partial charge on any atom is 0.244 e. The lowest BCUT2D eigenvalue weighted by molar-refractivity contribution is -0.116. The SMILES string of the molecule is O=C(Cn1ccnc1)Nc1ccc(Br)cc1F. The molecule has 6 heteroatoms. The van der Waals surface area contributed by atoms with Crippen molar-refractivity contribution in [2.75, 3.05) is 5.32 Å². The van der Waals surface area contributed by atoms with Gasteiger partial charge in [0.1, 0.15) is 12.4 Å². The highest BCUT2D eigenvalue weighted by Crippen LogP contribution is 2.19. The first-order valence-corrected chi connectivity index (χ1v) is 5.65. The summed E-state index contributed by atoms with van der Waals surface area (Å²) >= 11 is 3.15. The number of hydrogen-bond acceptors (Lipinski definition) is 2. The van der Waals surface area contributed by atoms with Crippen LogP contribution in [0, 0.1) is 5.82 Å². The van der Waals surface area contributed by atoms with Crippen LogP contribution in [0.5, 0.6) is 0 Å². The Labute approximate surface area is 106 Å². The fourth-order valence-corrected chi connectivity index (χ4v) is 1.66. The Bertz CT molecular complexity index is 528. The van der Waals surface area contributed by atoms with Crippen molar-refractivity contribution in [1.82, 2.24) is 9.55 Å². The lowest BCUT2D eigenvalue weighted by Crippen LogP contribution is -2.18. The summed E-state index contributed by atoms with van der Waals surface area (Å²) in [6, 6.07) is 4.47. The predicted molar refractivity (Wildman–Crippen MR) is 65.0 cm³/mol. The Hall–Kier alpha value is -1.69. The monoisotopic (exact) mass is 297 g/mol. The normalized spacial score (nSPS) is 10.2. The average molecular weight is 298 g/mol. The first-order valence-electron chi connectivity index (χ1n) is 4.86. The standard InChI is InChI=1S/C11H9BrFN3O/c12-8-1-2-10(9(13)5-8)15-11(17)6-16-4-3-14-7-16/h1-5,7H,6H2,(H,15,17). The van der Waals surface area contributed by atoms with E-state index >= 15 is 0 Å². The highest BCUT2D eigenvalue weighted by molar-refractivity contribution is 9.10. The number of halogens is 2. The molecule has 0 spiro atoms. The lowest BCUT2D eigenvalue weighted by Gasteiger charge is -2.06. The van der Waals surface area contributed by atoms with Crippen LogP contribution < -0.4 is 5.32 Å². The highest BCUT2D eigenvalue weighted by atomic mass is 79.9. The van der Waals surface area contributed by atoms with Crippen LogP contribution in [0.1, 0.15) is 0 Å². The van der Waals surface area contributed by atoms with Crippen molar-refractivity contribution < 1.29 is 9.18 Å². The summed E-state index contributed by atoms with van der Waals surface area (Å²) in [5.41, 5.74) is 0.165. The first kappa shape index (κ1) is 11.8. The molecule has 1 heterocycles. The smallest absolute Gasteiger partial charge is 0.244 e. The van der Waals surface area contributed by atoms with E-state index in [-0.39, 0.29) is 18.1 Å². The topological polar surface area (TPSA) is 46.9 Å². The van der Waals surface area contributed by atoms with Gasteiger partial charge in [-0.3, -0.25) is 4.79 Å². The molecular formula is C11H9BrFN3O.